The normalized spacial score (nSPS) is 14.3. The average Bonchev–Trinajstić information content (AvgIpc) is 3.63. The Bertz CT molecular complexity index is 2570. The van der Waals surface area contributed by atoms with E-state index in [4.69, 9.17) is 26.8 Å². The third-order valence-electron chi connectivity index (χ3n) is 9.92. The van der Waals surface area contributed by atoms with Crippen LogP contribution in [0.15, 0.2) is 61.4 Å². The number of anilines is 3. The number of ether oxygens (including phenoxy) is 2. The summed E-state index contributed by atoms with van der Waals surface area (Å²) in [5, 5.41) is 0.135. The Morgan fingerprint density at radius 1 is 0.694 bits per heavy atom. The molecule has 0 spiro atoms. The van der Waals surface area contributed by atoms with Crippen LogP contribution in [-0.2, 0) is 13.1 Å². The molecule has 6 heterocycles. The number of hydrogen-bond donors (Lipinski definition) is 1. The fourth-order valence-electron chi connectivity index (χ4n) is 7.19. The number of nitrogen functional groups attached to an aromatic ring is 1. The molecular formula is C40H34ClF6N9O6. The predicted octanol–water partition coefficient (Wildman–Crippen LogP) is 7.49. The Morgan fingerprint density at radius 3 is 1.58 bits per heavy atom. The number of ketones is 2. The van der Waals surface area contributed by atoms with Crippen molar-refractivity contribution in [3.8, 4) is 11.8 Å². The van der Waals surface area contributed by atoms with Gasteiger partial charge in [-0.25, -0.2) is 19.9 Å². The lowest BCUT2D eigenvalue weighted by Gasteiger charge is -2.20. The number of hydrogen-bond acceptors (Lipinski definition) is 11. The average molecular weight is 886 g/mol. The lowest BCUT2D eigenvalue weighted by Crippen LogP contribution is -2.32. The van der Waals surface area contributed by atoms with Crippen LogP contribution in [0.4, 0.5) is 43.5 Å². The van der Waals surface area contributed by atoms with Gasteiger partial charge in [-0.15, -0.1) is 0 Å². The van der Waals surface area contributed by atoms with Crippen LogP contribution in [0.2, 0.25) is 5.15 Å². The van der Waals surface area contributed by atoms with Crippen molar-refractivity contribution in [1.82, 2.24) is 29.1 Å². The number of Topliss-reactive ketones (excluding diaryl/α,β-unsaturated/α-hetero) is 2. The van der Waals surface area contributed by atoms with Crippen molar-refractivity contribution < 1.29 is 55.0 Å². The molecule has 8 rings (SSSR count). The number of carbonyl (C=O) groups is 4. The molecule has 0 saturated heterocycles. The fraction of sp³-hybridized carbons (Fsp3) is 0.300. The van der Waals surface area contributed by atoms with E-state index in [9.17, 15) is 45.5 Å². The topological polar surface area (TPSA) is 181 Å². The van der Waals surface area contributed by atoms with Gasteiger partial charge in [-0.3, -0.25) is 19.2 Å². The number of nitrogens with two attached hydrogens (primary N) is 1. The van der Waals surface area contributed by atoms with Gasteiger partial charge >= 0.3 is 12.4 Å². The van der Waals surface area contributed by atoms with Crippen LogP contribution < -0.4 is 25.0 Å². The fourth-order valence-corrected chi connectivity index (χ4v) is 7.39. The van der Waals surface area contributed by atoms with Crippen molar-refractivity contribution >= 4 is 74.0 Å². The summed E-state index contributed by atoms with van der Waals surface area (Å²) in [5.41, 5.74) is 6.42. The molecule has 0 atom stereocenters. The highest BCUT2D eigenvalue weighted by molar-refractivity contribution is 6.34. The first kappa shape index (κ1) is 43.3. The number of carbonyl (C=O) groups excluding carboxylic acids is 4. The van der Waals surface area contributed by atoms with Crippen molar-refractivity contribution in [1.29, 1.82) is 0 Å². The van der Waals surface area contributed by atoms with Gasteiger partial charge in [0, 0.05) is 58.7 Å². The zero-order valence-electron chi connectivity index (χ0n) is 32.7. The Morgan fingerprint density at radius 2 is 1.13 bits per heavy atom. The first-order valence-electron chi connectivity index (χ1n) is 18.9. The SMILES string of the molecule is CCCn1cc(C(=O)C(F)(F)F)c2cc(N3CCOc4ncnc(Cl)c4C3=O)ccc21.CCCn1cc(C(=O)C(F)(F)F)c2cc(N3CCOc4ncnc(N)c4C3=O)ccc21. The monoisotopic (exact) mass is 885 g/mol. The molecule has 2 aliphatic rings. The highest BCUT2D eigenvalue weighted by Gasteiger charge is 2.42. The minimum atomic E-state index is -5.02. The number of aryl methyl sites for hydroxylation is 2. The van der Waals surface area contributed by atoms with Crippen LogP contribution in [0.5, 0.6) is 11.8 Å². The van der Waals surface area contributed by atoms with Crippen molar-refractivity contribution in [2.75, 3.05) is 41.8 Å². The van der Waals surface area contributed by atoms with Gasteiger partial charge in [-0.1, -0.05) is 25.4 Å². The van der Waals surface area contributed by atoms with Crippen LogP contribution in [0.1, 0.15) is 68.1 Å². The zero-order chi connectivity index (χ0) is 44.7. The van der Waals surface area contributed by atoms with Gasteiger partial charge in [-0.2, -0.15) is 26.3 Å². The van der Waals surface area contributed by atoms with Gasteiger partial charge in [0.2, 0.25) is 11.8 Å². The molecule has 62 heavy (non-hydrogen) atoms. The van der Waals surface area contributed by atoms with Crippen LogP contribution in [0, 0.1) is 0 Å². The molecule has 0 unspecified atom stereocenters. The summed E-state index contributed by atoms with van der Waals surface area (Å²) in [5.74, 6) is -4.94. The second-order valence-corrected chi connectivity index (χ2v) is 14.3. The summed E-state index contributed by atoms with van der Waals surface area (Å²) in [7, 11) is 0. The molecular weight excluding hydrogens is 852 g/mol. The first-order valence-corrected chi connectivity index (χ1v) is 19.3. The first-order chi connectivity index (χ1) is 29.4. The number of fused-ring (bicyclic) bond motifs is 4. The summed E-state index contributed by atoms with van der Waals surface area (Å²) < 4.78 is 93.2. The third kappa shape index (κ3) is 8.18. The molecule has 0 bridgehead atoms. The van der Waals surface area contributed by atoms with Gasteiger partial charge in [0.15, 0.2) is 0 Å². The van der Waals surface area contributed by atoms with Crippen molar-refractivity contribution in [3.63, 3.8) is 0 Å². The summed E-state index contributed by atoms with van der Waals surface area (Å²) in [4.78, 5) is 68.4. The number of halogens is 7. The molecule has 0 aliphatic carbocycles. The number of nitrogens with zero attached hydrogens (tertiary/aromatic N) is 8. The molecule has 15 nitrogen and oxygen atoms in total. The Kier molecular flexibility index (Phi) is 11.8. The molecule has 0 fully saturated rings. The van der Waals surface area contributed by atoms with Crippen LogP contribution in [0.3, 0.4) is 0 Å². The van der Waals surface area contributed by atoms with Gasteiger partial charge in [-0.05, 0) is 49.2 Å². The number of aromatic nitrogens is 6. The van der Waals surface area contributed by atoms with Crippen molar-refractivity contribution in [3.05, 3.63) is 88.9 Å². The van der Waals surface area contributed by atoms with Gasteiger partial charge < -0.3 is 34.1 Å². The van der Waals surface area contributed by atoms with Gasteiger partial charge in [0.25, 0.3) is 23.4 Å². The highest BCUT2D eigenvalue weighted by atomic mass is 35.5. The van der Waals surface area contributed by atoms with E-state index in [2.05, 4.69) is 19.9 Å². The quantitative estimate of drug-likeness (QED) is 0.0909. The molecule has 324 valence electrons. The largest absolute Gasteiger partial charge is 0.475 e. The summed E-state index contributed by atoms with van der Waals surface area (Å²) in [6.45, 7) is 5.05. The van der Waals surface area contributed by atoms with E-state index in [0.29, 0.717) is 48.3 Å². The maximum Gasteiger partial charge on any atom is 0.454 e. The molecule has 2 N–H and O–H groups in total. The summed E-state index contributed by atoms with van der Waals surface area (Å²) in [6.07, 6.45) is -3.93. The predicted molar refractivity (Wildman–Crippen MR) is 213 cm³/mol. The van der Waals surface area contributed by atoms with E-state index in [0.717, 1.165) is 0 Å². The highest BCUT2D eigenvalue weighted by Crippen LogP contribution is 2.36. The number of alkyl halides is 6. The van der Waals surface area contributed by atoms with Crippen LogP contribution in [0.25, 0.3) is 21.8 Å². The molecule has 0 radical (unpaired) electrons. The van der Waals surface area contributed by atoms with Gasteiger partial charge in [0.1, 0.15) is 48.0 Å². The van der Waals surface area contributed by atoms with E-state index in [1.807, 2.05) is 13.8 Å². The second-order valence-electron chi connectivity index (χ2n) is 13.9. The molecule has 22 heteroatoms. The molecule has 4 aromatic heterocycles. The van der Waals surface area contributed by atoms with Crippen molar-refractivity contribution in [2.24, 2.45) is 0 Å². The van der Waals surface area contributed by atoms with E-state index in [1.165, 1.54) is 47.0 Å². The molecule has 2 amide bonds. The second kappa shape index (κ2) is 16.9. The molecule has 2 aliphatic heterocycles. The maximum absolute atomic E-state index is 13.2. The van der Waals surface area contributed by atoms with Crippen LogP contribution in [-0.4, -0.2) is 91.1 Å². The standard InChI is InChI=1S/C20H16ClF3N4O3.C20H18F3N5O3/c1-2-5-27-9-13(16(29)20(22,23)24)12-8-11(3-4-14(12)27)28-6-7-31-18-15(19(28)30)17(21)25-10-26-18;1-2-5-27-9-13(16(29)20(21,22)23)12-8-11(3-4-14(12)27)28-6-7-31-18-15(19(28)30)17(24)25-10-26-18/h3-4,8-10H,2,5-7H2,1H3;3-4,8-10H,2,5-7H2,1H3,(H2,24,25,26). The lowest BCUT2D eigenvalue weighted by molar-refractivity contribution is -0.0887. The Balaban J connectivity index is 0.000000186. The van der Waals surface area contributed by atoms with Crippen LogP contribution >= 0.6 is 11.6 Å². The maximum atomic E-state index is 13.2. The number of amides is 2. The molecule has 0 saturated carbocycles. The van der Waals surface area contributed by atoms with E-state index >= 15 is 0 Å². The number of rotatable bonds is 8. The van der Waals surface area contributed by atoms with E-state index in [-0.39, 0.29) is 70.9 Å². The van der Waals surface area contributed by atoms with E-state index < -0.39 is 46.9 Å². The summed E-state index contributed by atoms with van der Waals surface area (Å²) in [6, 6.07) is 9.22. The lowest BCUT2D eigenvalue weighted by atomic mass is 10.1. The molecule has 2 aromatic carbocycles. The van der Waals surface area contributed by atoms with E-state index in [1.54, 1.807) is 33.4 Å². The third-order valence-corrected chi connectivity index (χ3v) is 10.2. The Hall–Kier alpha value is -6.77. The minimum Gasteiger partial charge on any atom is -0.475 e. The minimum absolute atomic E-state index is 0.0183. The smallest absolute Gasteiger partial charge is 0.454 e. The zero-order valence-corrected chi connectivity index (χ0v) is 33.4. The van der Waals surface area contributed by atoms with Gasteiger partial charge in [0.05, 0.1) is 24.2 Å². The van der Waals surface area contributed by atoms with Crippen molar-refractivity contribution in [2.45, 2.75) is 52.1 Å². The molecule has 6 aromatic rings. The number of benzene rings is 2. The summed E-state index contributed by atoms with van der Waals surface area (Å²) >= 11 is 6.06. The Labute approximate surface area is 352 Å².